The number of aliphatic hydroxyl groups excluding tert-OH is 3. The van der Waals surface area contributed by atoms with Gasteiger partial charge in [0.2, 0.25) is 0 Å². The van der Waals surface area contributed by atoms with Crippen LogP contribution in [-0.2, 0) is 4.74 Å². The molecule has 0 aromatic heterocycles. The van der Waals surface area contributed by atoms with E-state index in [4.69, 9.17) is 4.74 Å². The van der Waals surface area contributed by atoms with E-state index in [2.05, 4.69) is 4.90 Å². The summed E-state index contributed by atoms with van der Waals surface area (Å²) in [5, 5.41) is 29.3. The summed E-state index contributed by atoms with van der Waals surface area (Å²) in [5.74, 6) is 0.417. The number of hydrogen-bond acceptors (Lipinski definition) is 6. The van der Waals surface area contributed by atoms with E-state index in [0.29, 0.717) is 32.0 Å². The zero-order valence-electron chi connectivity index (χ0n) is 15.0. The molecule has 3 atom stereocenters. The maximum Gasteiger partial charge on any atom is 0.410 e. The van der Waals surface area contributed by atoms with Gasteiger partial charge in [-0.25, -0.2) is 4.79 Å². The molecule has 0 radical (unpaired) electrons. The van der Waals surface area contributed by atoms with Crippen LogP contribution >= 0.6 is 0 Å². The number of likely N-dealkylation sites (tertiary alicyclic amines) is 2. The molecule has 3 N–H and O–H groups in total. The quantitative estimate of drug-likeness (QED) is 0.687. The average Bonchev–Trinajstić information content (AvgIpc) is 2.50. The minimum absolute atomic E-state index is 0.158. The summed E-state index contributed by atoms with van der Waals surface area (Å²) < 4.78 is 5.41. The molecule has 2 fully saturated rings. The van der Waals surface area contributed by atoms with Gasteiger partial charge in [0, 0.05) is 26.2 Å². The smallest absolute Gasteiger partial charge is 0.410 e. The second-order valence-corrected chi connectivity index (χ2v) is 8.00. The maximum absolute atomic E-state index is 12.1. The Balaban J connectivity index is 1.81. The summed E-state index contributed by atoms with van der Waals surface area (Å²) >= 11 is 0. The van der Waals surface area contributed by atoms with Gasteiger partial charge >= 0.3 is 6.09 Å². The molecule has 0 bridgehead atoms. The molecule has 0 aromatic carbocycles. The maximum atomic E-state index is 12.1. The van der Waals surface area contributed by atoms with Crippen molar-refractivity contribution >= 4 is 6.09 Å². The Bertz CT molecular complexity index is 418. The lowest BCUT2D eigenvalue weighted by Gasteiger charge is -2.43. The van der Waals surface area contributed by atoms with Crippen LogP contribution in [0.15, 0.2) is 0 Å². The third-order valence-electron chi connectivity index (χ3n) is 4.92. The van der Waals surface area contributed by atoms with E-state index in [1.807, 2.05) is 20.8 Å². The van der Waals surface area contributed by atoms with Gasteiger partial charge in [-0.15, -0.1) is 0 Å². The number of ether oxygens (including phenoxy) is 1. The monoisotopic (exact) mass is 344 g/mol. The van der Waals surface area contributed by atoms with Crippen LogP contribution in [0.5, 0.6) is 0 Å². The second-order valence-electron chi connectivity index (χ2n) is 8.00. The molecule has 2 saturated heterocycles. The predicted octanol–water partition coefficient (Wildman–Crippen LogP) is 0.422. The van der Waals surface area contributed by atoms with Gasteiger partial charge in [0.15, 0.2) is 0 Å². The highest BCUT2D eigenvalue weighted by atomic mass is 16.6. The summed E-state index contributed by atoms with van der Waals surface area (Å²) in [6.07, 6.45) is 0.372. The Morgan fingerprint density at radius 1 is 1.12 bits per heavy atom. The molecule has 0 saturated carbocycles. The fourth-order valence-corrected chi connectivity index (χ4v) is 3.51. The zero-order chi connectivity index (χ0) is 17.9. The highest BCUT2D eigenvalue weighted by Gasteiger charge is 2.37. The second kappa shape index (κ2) is 7.99. The van der Waals surface area contributed by atoms with Gasteiger partial charge in [-0.05, 0) is 46.0 Å². The standard InChI is InChI=1S/C17H32N2O5/c1-17(2,3)24-16(23)18-7-4-12(5-8-18)10-19-9-6-14(21)15(22)13(19)11-20/h12-15,20-22H,4-11H2,1-3H3/t13-,14-,15-/m1/s1. The molecule has 2 rings (SSSR count). The van der Waals surface area contributed by atoms with E-state index >= 15 is 0 Å². The summed E-state index contributed by atoms with van der Waals surface area (Å²) in [6, 6.07) is -0.405. The summed E-state index contributed by atoms with van der Waals surface area (Å²) in [5.41, 5.74) is -0.479. The summed E-state index contributed by atoms with van der Waals surface area (Å²) in [4.78, 5) is 15.9. The fraction of sp³-hybridized carbons (Fsp3) is 0.941. The summed E-state index contributed by atoms with van der Waals surface area (Å²) in [7, 11) is 0. The Hall–Kier alpha value is -0.890. The number of nitrogens with zero attached hydrogens (tertiary/aromatic N) is 2. The molecule has 2 aliphatic rings. The number of rotatable bonds is 3. The Morgan fingerprint density at radius 3 is 2.29 bits per heavy atom. The zero-order valence-corrected chi connectivity index (χ0v) is 15.0. The Labute approximate surface area is 144 Å². The lowest BCUT2D eigenvalue weighted by molar-refractivity contribution is -0.0943. The molecule has 2 aliphatic heterocycles. The van der Waals surface area contributed by atoms with Crippen molar-refractivity contribution in [2.24, 2.45) is 5.92 Å². The van der Waals surface area contributed by atoms with Crippen molar-refractivity contribution in [3.8, 4) is 0 Å². The van der Waals surface area contributed by atoms with Crippen LogP contribution in [0.2, 0.25) is 0 Å². The number of amides is 1. The van der Waals surface area contributed by atoms with Gasteiger partial charge < -0.3 is 25.0 Å². The Kier molecular flexibility index (Phi) is 6.47. The van der Waals surface area contributed by atoms with Crippen LogP contribution in [0.3, 0.4) is 0 Å². The van der Waals surface area contributed by atoms with Gasteiger partial charge in [-0.1, -0.05) is 0 Å². The molecule has 24 heavy (non-hydrogen) atoms. The molecule has 140 valence electrons. The third-order valence-corrected chi connectivity index (χ3v) is 4.92. The molecular formula is C17H32N2O5. The van der Waals surface area contributed by atoms with Crippen LogP contribution < -0.4 is 0 Å². The highest BCUT2D eigenvalue weighted by Crippen LogP contribution is 2.25. The molecule has 0 aliphatic carbocycles. The number of carbonyl (C=O) groups excluding carboxylic acids is 1. The van der Waals surface area contributed by atoms with Crippen molar-refractivity contribution in [2.45, 2.75) is 63.9 Å². The number of piperidine rings is 2. The van der Waals surface area contributed by atoms with Crippen LogP contribution in [0, 0.1) is 5.92 Å². The van der Waals surface area contributed by atoms with Crippen LogP contribution in [0.4, 0.5) is 4.79 Å². The van der Waals surface area contributed by atoms with Crippen molar-refractivity contribution in [1.29, 1.82) is 0 Å². The number of carbonyl (C=O) groups is 1. The number of hydrogen-bond donors (Lipinski definition) is 3. The van der Waals surface area contributed by atoms with Crippen molar-refractivity contribution in [1.82, 2.24) is 9.80 Å². The fourth-order valence-electron chi connectivity index (χ4n) is 3.51. The molecule has 0 spiro atoms. The first-order valence-corrected chi connectivity index (χ1v) is 8.90. The van der Waals surface area contributed by atoms with Crippen LogP contribution in [-0.4, -0.2) is 87.8 Å². The minimum Gasteiger partial charge on any atom is -0.444 e. The molecule has 1 amide bonds. The van der Waals surface area contributed by atoms with Crippen LogP contribution in [0.1, 0.15) is 40.0 Å². The minimum atomic E-state index is -0.898. The lowest BCUT2D eigenvalue weighted by Crippen LogP contribution is -2.57. The topological polar surface area (TPSA) is 93.5 Å². The molecule has 0 unspecified atom stereocenters. The first kappa shape index (κ1) is 19.4. The van der Waals surface area contributed by atoms with Crippen molar-refractivity contribution in [3.63, 3.8) is 0 Å². The highest BCUT2D eigenvalue weighted by molar-refractivity contribution is 5.68. The van der Waals surface area contributed by atoms with Crippen molar-refractivity contribution < 1.29 is 24.9 Å². The van der Waals surface area contributed by atoms with E-state index in [-0.39, 0.29) is 12.7 Å². The third kappa shape index (κ3) is 5.05. The van der Waals surface area contributed by atoms with E-state index < -0.39 is 23.9 Å². The lowest BCUT2D eigenvalue weighted by atomic mass is 9.91. The van der Waals surface area contributed by atoms with Crippen molar-refractivity contribution in [3.05, 3.63) is 0 Å². The van der Waals surface area contributed by atoms with E-state index in [1.165, 1.54) is 0 Å². The average molecular weight is 344 g/mol. The van der Waals surface area contributed by atoms with Gasteiger partial charge in [-0.2, -0.15) is 0 Å². The Morgan fingerprint density at radius 2 is 1.75 bits per heavy atom. The summed E-state index contributed by atoms with van der Waals surface area (Å²) in [6.45, 7) is 8.22. The molecule has 2 heterocycles. The molecular weight excluding hydrogens is 312 g/mol. The largest absolute Gasteiger partial charge is 0.444 e. The van der Waals surface area contributed by atoms with Gasteiger partial charge in [0.05, 0.1) is 24.9 Å². The molecule has 7 heteroatoms. The normalized spacial score (nSPS) is 30.4. The first-order valence-electron chi connectivity index (χ1n) is 8.90. The first-order chi connectivity index (χ1) is 11.2. The van der Waals surface area contributed by atoms with E-state index in [0.717, 1.165) is 19.4 Å². The molecule has 7 nitrogen and oxygen atoms in total. The molecule has 0 aromatic rings. The predicted molar refractivity (Wildman–Crippen MR) is 89.6 cm³/mol. The van der Waals surface area contributed by atoms with Gasteiger partial charge in [0.25, 0.3) is 0 Å². The van der Waals surface area contributed by atoms with Gasteiger partial charge in [0.1, 0.15) is 5.60 Å². The van der Waals surface area contributed by atoms with Gasteiger partial charge in [-0.3, -0.25) is 4.90 Å². The van der Waals surface area contributed by atoms with Crippen molar-refractivity contribution in [2.75, 3.05) is 32.8 Å². The SMILES string of the molecule is CC(C)(C)OC(=O)N1CCC(CN2CC[C@@H](O)[C@H](O)[C@H]2CO)CC1. The van der Waals surface area contributed by atoms with Crippen LogP contribution in [0.25, 0.3) is 0 Å². The van der Waals surface area contributed by atoms with E-state index in [1.54, 1.807) is 4.90 Å². The number of aliphatic hydroxyl groups is 3. The van der Waals surface area contributed by atoms with E-state index in [9.17, 15) is 20.1 Å².